The molecule has 0 aliphatic carbocycles. The highest BCUT2D eigenvalue weighted by molar-refractivity contribution is 7.99. The highest BCUT2D eigenvalue weighted by Gasteiger charge is 2.23. The molecule has 0 amide bonds. The zero-order valence-electron chi connectivity index (χ0n) is 9.55. The van der Waals surface area contributed by atoms with Gasteiger partial charge in [-0.15, -0.1) is 0 Å². The minimum Gasteiger partial charge on any atom is -0.389 e. The Hall–Kier alpha value is 0.270. The Kier molecular flexibility index (Phi) is 4.74. The van der Waals surface area contributed by atoms with E-state index in [1.165, 1.54) is 24.3 Å². The molecule has 0 aromatic heterocycles. The Morgan fingerprint density at radius 3 is 2.50 bits per heavy atom. The summed E-state index contributed by atoms with van der Waals surface area (Å²) in [7, 11) is 0. The molecule has 1 aliphatic rings. The van der Waals surface area contributed by atoms with Crippen molar-refractivity contribution in [2.45, 2.75) is 45.3 Å². The predicted octanol–water partition coefficient (Wildman–Crippen LogP) is 1.88. The molecule has 0 spiro atoms. The van der Waals surface area contributed by atoms with Crippen molar-refractivity contribution in [2.75, 3.05) is 18.1 Å². The molecule has 1 aliphatic heterocycles. The highest BCUT2D eigenvalue weighted by Crippen LogP contribution is 2.22. The van der Waals surface area contributed by atoms with Gasteiger partial charge >= 0.3 is 0 Å². The lowest BCUT2D eigenvalue weighted by Crippen LogP contribution is -2.46. The zero-order valence-corrected chi connectivity index (χ0v) is 10.4. The minimum atomic E-state index is -0.608. The molecule has 1 heterocycles. The number of nitrogens with one attached hydrogen (secondary N) is 1. The molecule has 1 saturated heterocycles. The van der Waals surface area contributed by atoms with Crippen LogP contribution in [-0.4, -0.2) is 34.8 Å². The number of rotatable bonds is 4. The molecule has 0 radical (unpaired) electrons. The summed E-state index contributed by atoms with van der Waals surface area (Å²) in [5, 5.41) is 13.2. The lowest BCUT2D eigenvalue weighted by atomic mass is 9.98. The first-order chi connectivity index (χ1) is 6.50. The molecule has 1 fully saturated rings. The van der Waals surface area contributed by atoms with Gasteiger partial charge in [-0.3, -0.25) is 0 Å². The van der Waals surface area contributed by atoms with Crippen LogP contribution in [0.5, 0.6) is 0 Å². The third-order valence-corrected chi connectivity index (χ3v) is 4.16. The van der Waals surface area contributed by atoms with Crippen molar-refractivity contribution in [1.29, 1.82) is 0 Å². The average Bonchev–Trinajstić information content (AvgIpc) is 2.14. The Balaban J connectivity index is 2.19. The molecule has 0 aromatic carbocycles. The SMILES string of the molecule is CC(NCC1CCSCC1)C(C)(C)O. The maximum atomic E-state index is 9.75. The summed E-state index contributed by atoms with van der Waals surface area (Å²) in [6.07, 6.45) is 2.66. The number of hydrogen-bond acceptors (Lipinski definition) is 3. The second kappa shape index (κ2) is 5.38. The molecule has 2 N–H and O–H groups in total. The second-order valence-corrected chi connectivity index (χ2v) is 6.06. The molecule has 0 aromatic rings. The van der Waals surface area contributed by atoms with Gasteiger partial charge in [0.2, 0.25) is 0 Å². The summed E-state index contributed by atoms with van der Waals surface area (Å²) >= 11 is 2.06. The highest BCUT2D eigenvalue weighted by atomic mass is 32.2. The van der Waals surface area contributed by atoms with Gasteiger partial charge in [-0.2, -0.15) is 11.8 Å². The fourth-order valence-corrected chi connectivity index (χ4v) is 2.75. The topological polar surface area (TPSA) is 32.3 Å². The van der Waals surface area contributed by atoms with E-state index in [0.717, 1.165) is 12.5 Å². The fraction of sp³-hybridized carbons (Fsp3) is 1.00. The lowest BCUT2D eigenvalue weighted by Gasteiger charge is -2.30. The van der Waals surface area contributed by atoms with E-state index in [1.807, 2.05) is 13.8 Å². The zero-order chi connectivity index (χ0) is 10.6. The van der Waals surface area contributed by atoms with Gasteiger partial charge in [-0.05, 0) is 57.6 Å². The summed E-state index contributed by atoms with van der Waals surface area (Å²) in [6, 6.07) is 0.178. The van der Waals surface area contributed by atoms with Crippen molar-refractivity contribution in [1.82, 2.24) is 5.32 Å². The molecule has 0 bridgehead atoms. The van der Waals surface area contributed by atoms with E-state index in [1.54, 1.807) is 0 Å². The van der Waals surface area contributed by atoms with Gasteiger partial charge in [0, 0.05) is 6.04 Å². The first kappa shape index (κ1) is 12.3. The lowest BCUT2D eigenvalue weighted by molar-refractivity contribution is 0.0427. The van der Waals surface area contributed by atoms with E-state index in [-0.39, 0.29) is 6.04 Å². The number of aliphatic hydroxyl groups is 1. The van der Waals surface area contributed by atoms with Crippen LogP contribution in [0.3, 0.4) is 0 Å². The van der Waals surface area contributed by atoms with Crippen molar-refractivity contribution >= 4 is 11.8 Å². The molecular formula is C11H23NOS. The molecule has 3 heteroatoms. The van der Waals surface area contributed by atoms with E-state index in [0.29, 0.717) is 0 Å². The van der Waals surface area contributed by atoms with Crippen molar-refractivity contribution in [3.05, 3.63) is 0 Å². The van der Waals surface area contributed by atoms with E-state index in [2.05, 4.69) is 24.0 Å². The fourth-order valence-electron chi connectivity index (χ4n) is 1.54. The van der Waals surface area contributed by atoms with Gasteiger partial charge in [0.05, 0.1) is 5.60 Å². The Morgan fingerprint density at radius 2 is 2.00 bits per heavy atom. The van der Waals surface area contributed by atoms with Crippen LogP contribution < -0.4 is 5.32 Å². The maximum absolute atomic E-state index is 9.75. The van der Waals surface area contributed by atoms with Gasteiger partial charge in [0.15, 0.2) is 0 Å². The van der Waals surface area contributed by atoms with Crippen LogP contribution in [0.2, 0.25) is 0 Å². The predicted molar refractivity (Wildman–Crippen MR) is 63.8 cm³/mol. The maximum Gasteiger partial charge on any atom is 0.0741 e. The smallest absolute Gasteiger partial charge is 0.0741 e. The number of hydrogen-bond donors (Lipinski definition) is 2. The van der Waals surface area contributed by atoms with Crippen LogP contribution in [0.4, 0.5) is 0 Å². The standard InChI is InChI=1S/C11H23NOS/c1-9(11(2,3)13)12-8-10-4-6-14-7-5-10/h9-10,12-13H,4-8H2,1-3H3. The van der Waals surface area contributed by atoms with Gasteiger partial charge in [0.25, 0.3) is 0 Å². The van der Waals surface area contributed by atoms with Crippen molar-refractivity contribution in [3.8, 4) is 0 Å². The van der Waals surface area contributed by atoms with Crippen LogP contribution in [0, 0.1) is 5.92 Å². The molecular weight excluding hydrogens is 194 g/mol. The van der Waals surface area contributed by atoms with Crippen LogP contribution in [0.25, 0.3) is 0 Å². The van der Waals surface area contributed by atoms with Gasteiger partial charge in [0.1, 0.15) is 0 Å². The van der Waals surface area contributed by atoms with Crippen LogP contribution in [0.1, 0.15) is 33.6 Å². The monoisotopic (exact) mass is 217 g/mol. The summed E-state index contributed by atoms with van der Waals surface area (Å²) in [6.45, 7) is 6.84. The quantitative estimate of drug-likeness (QED) is 0.754. The van der Waals surface area contributed by atoms with Crippen LogP contribution in [0.15, 0.2) is 0 Å². The molecule has 0 saturated carbocycles. The molecule has 1 atom stereocenters. The minimum absolute atomic E-state index is 0.178. The van der Waals surface area contributed by atoms with E-state index >= 15 is 0 Å². The Labute approximate surface area is 91.9 Å². The first-order valence-electron chi connectivity index (χ1n) is 5.53. The van der Waals surface area contributed by atoms with Crippen LogP contribution >= 0.6 is 11.8 Å². The van der Waals surface area contributed by atoms with E-state index < -0.39 is 5.60 Å². The summed E-state index contributed by atoms with van der Waals surface area (Å²) in [5.74, 6) is 3.44. The molecule has 84 valence electrons. The van der Waals surface area contributed by atoms with Crippen molar-refractivity contribution < 1.29 is 5.11 Å². The third-order valence-electron chi connectivity index (χ3n) is 3.11. The largest absolute Gasteiger partial charge is 0.389 e. The molecule has 14 heavy (non-hydrogen) atoms. The Bertz CT molecular complexity index is 161. The summed E-state index contributed by atoms with van der Waals surface area (Å²) < 4.78 is 0. The summed E-state index contributed by atoms with van der Waals surface area (Å²) in [5.41, 5.74) is -0.608. The molecule has 1 unspecified atom stereocenters. The van der Waals surface area contributed by atoms with E-state index in [4.69, 9.17) is 0 Å². The van der Waals surface area contributed by atoms with Crippen molar-refractivity contribution in [2.24, 2.45) is 5.92 Å². The summed E-state index contributed by atoms with van der Waals surface area (Å²) in [4.78, 5) is 0. The van der Waals surface area contributed by atoms with Crippen molar-refractivity contribution in [3.63, 3.8) is 0 Å². The van der Waals surface area contributed by atoms with Gasteiger partial charge in [-0.1, -0.05) is 0 Å². The van der Waals surface area contributed by atoms with Gasteiger partial charge < -0.3 is 10.4 Å². The second-order valence-electron chi connectivity index (χ2n) is 4.84. The average molecular weight is 217 g/mol. The normalized spacial score (nSPS) is 22.3. The van der Waals surface area contributed by atoms with Crippen LogP contribution in [-0.2, 0) is 0 Å². The third kappa shape index (κ3) is 4.20. The van der Waals surface area contributed by atoms with E-state index in [9.17, 15) is 5.11 Å². The Morgan fingerprint density at radius 1 is 1.43 bits per heavy atom. The molecule has 2 nitrogen and oxygen atoms in total. The van der Waals surface area contributed by atoms with Gasteiger partial charge in [-0.25, -0.2) is 0 Å². The molecule has 1 rings (SSSR count). The first-order valence-corrected chi connectivity index (χ1v) is 6.69. The number of thioether (sulfide) groups is 1.